The Bertz CT molecular complexity index is 685. The van der Waals surface area contributed by atoms with Gasteiger partial charge >= 0.3 is 0 Å². The molecule has 0 aliphatic carbocycles. The number of thiazole rings is 1. The predicted molar refractivity (Wildman–Crippen MR) is 96.4 cm³/mol. The van der Waals surface area contributed by atoms with Crippen molar-refractivity contribution in [2.45, 2.75) is 31.7 Å². The van der Waals surface area contributed by atoms with Gasteiger partial charge in [-0.1, -0.05) is 0 Å². The van der Waals surface area contributed by atoms with E-state index in [1.807, 2.05) is 44.7 Å². The van der Waals surface area contributed by atoms with Gasteiger partial charge in [-0.15, -0.1) is 23.1 Å². The van der Waals surface area contributed by atoms with Crippen molar-refractivity contribution in [3.63, 3.8) is 0 Å². The highest BCUT2D eigenvalue weighted by Crippen LogP contribution is 2.28. The van der Waals surface area contributed by atoms with Crippen LogP contribution in [0.15, 0.2) is 17.6 Å². The van der Waals surface area contributed by atoms with Crippen LogP contribution in [0.5, 0.6) is 5.75 Å². The first-order valence-electron chi connectivity index (χ1n) is 7.20. The molecule has 5 nitrogen and oxygen atoms in total. The molecular formula is C16H22N2O3S2. The third-order valence-electron chi connectivity index (χ3n) is 3.24. The van der Waals surface area contributed by atoms with Crippen LogP contribution in [-0.4, -0.2) is 41.8 Å². The zero-order valence-electron chi connectivity index (χ0n) is 14.0. The zero-order valence-corrected chi connectivity index (χ0v) is 15.6. The molecule has 1 N–H and O–H groups in total. The fraction of sp³-hybridized carbons (Fsp3) is 0.500. The van der Waals surface area contributed by atoms with Gasteiger partial charge in [0.15, 0.2) is 0 Å². The van der Waals surface area contributed by atoms with Gasteiger partial charge in [0, 0.05) is 7.11 Å². The van der Waals surface area contributed by atoms with Gasteiger partial charge in [-0.05, 0) is 44.7 Å². The first-order valence-corrected chi connectivity index (χ1v) is 9.37. The minimum Gasteiger partial charge on any atom is -0.470 e. The molecule has 0 fully saturated rings. The van der Waals surface area contributed by atoms with E-state index in [-0.39, 0.29) is 5.91 Å². The van der Waals surface area contributed by atoms with Gasteiger partial charge in [0.1, 0.15) is 5.75 Å². The van der Waals surface area contributed by atoms with E-state index in [1.165, 1.54) is 11.8 Å². The lowest BCUT2D eigenvalue weighted by molar-refractivity contribution is -0.126. The van der Waals surface area contributed by atoms with Crippen LogP contribution in [0.2, 0.25) is 0 Å². The Balaban J connectivity index is 2.12. The summed E-state index contributed by atoms with van der Waals surface area (Å²) >= 11 is 2.92. The molecule has 1 heterocycles. The summed E-state index contributed by atoms with van der Waals surface area (Å²) in [6.45, 7) is 6.26. The summed E-state index contributed by atoms with van der Waals surface area (Å²) in [6, 6.07) is 3.84. The number of nitrogens with one attached hydrogen (secondary N) is 1. The van der Waals surface area contributed by atoms with Crippen molar-refractivity contribution >= 4 is 39.2 Å². The highest BCUT2D eigenvalue weighted by molar-refractivity contribution is 7.99. The fourth-order valence-corrected chi connectivity index (χ4v) is 3.56. The molecular weight excluding hydrogens is 332 g/mol. The van der Waals surface area contributed by atoms with Crippen LogP contribution in [0.1, 0.15) is 19.4 Å². The van der Waals surface area contributed by atoms with Crippen LogP contribution in [0.3, 0.4) is 0 Å². The Kier molecular flexibility index (Phi) is 5.89. The van der Waals surface area contributed by atoms with Gasteiger partial charge < -0.3 is 14.8 Å². The minimum absolute atomic E-state index is 0.165. The minimum atomic E-state index is -0.615. The Morgan fingerprint density at radius 1 is 1.48 bits per heavy atom. The van der Waals surface area contributed by atoms with Crippen LogP contribution in [0.4, 0.5) is 0 Å². The highest BCUT2D eigenvalue weighted by atomic mass is 32.2. The number of thioether (sulfide) groups is 1. The molecule has 0 aliphatic heterocycles. The summed E-state index contributed by atoms with van der Waals surface area (Å²) in [7, 11) is 1.61. The number of nitrogens with zero attached hydrogens (tertiary/aromatic N) is 1. The Labute approximate surface area is 144 Å². The van der Waals surface area contributed by atoms with E-state index in [1.54, 1.807) is 18.4 Å². The number of carbonyl (C=O) groups is 1. The molecule has 126 valence electrons. The summed E-state index contributed by atoms with van der Waals surface area (Å²) in [5.41, 5.74) is 2.78. The van der Waals surface area contributed by atoms with Gasteiger partial charge in [-0.2, -0.15) is 0 Å². The van der Waals surface area contributed by atoms with Crippen LogP contribution >= 0.6 is 23.1 Å². The number of methoxy groups -OCH3 is 1. The first kappa shape index (κ1) is 18.0. The van der Waals surface area contributed by atoms with Crippen LogP contribution < -0.4 is 10.1 Å². The largest absolute Gasteiger partial charge is 0.470 e. The second kappa shape index (κ2) is 7.51. The first-order chi connectivity index (χ1) is 10.9. The average molecular weight is 354 g/mol. The topological polar surface area (TPSA) is 60.5 Å². The fourth-order valence-electron chi connectivity index (χ4n) is 2.30. The van der Waals surface area contributed by atoms with Crippen molar-refractivity contribution in [3.05, 3.63) is 23.2 Å². The molecule has 0 aliphatic rings. The van der Waals surface area contributed by atoms with Crippen molar-refractivity contribution in [3.8, 4) is 5.75 Å². The number of aryl methyl sites for hydroxylation is 1. The number of ether oxygens (including phenoxy) is 2. The smallest absolute Gasteiger partial charge is 0.272 e. The summed E-state index contributed by atoms with van der Waals surface area (Å²) in [5.74, 6) is 0.514. The molecule has 7 heteroatoms. The number of carbonyl (C=O) groups excluding carboxylic acids is 1. The van der Waals surface area contributed by atoms with E-state index in [9.17, 15) is 4.79 Å². The third kappa shape index (κ3) is 4.59. The summed E-state index contributed by atoms with van der Waals surface area (Å²) < 4.78 is 12.1. The van der Waals surface area contributed by atoms with Crippen molar-refractivity contribution in [1.82, 2.24) is 10.3 Å². The summed E-state index contributed by atoms with van der Waals surface area (Å²) in [4.78, 5) is 16.8. The van der Waals surface area contributed by atoms with E-state index in [2.05, 4.69) is 10.3 Å². The van der Waals surface area contributed by atoms with Crippen molar-refractivity contribution in [2.24, 2.45) is 0 Å². The van der Waals surface area contributed by atoms with Gasteiger partial charge in [-0.3, -0.25) is 4.79 Å². The molecule has 0 bridgehead atoms. The molecule has 23 heavy (non-hydrogen) atoms. The number of hydrogen-bond acceptors (Lipinski definition) is 6. The zero-order chi connectivity index (χ0) is 17.0. The second-order valence-electron chi connectivity index (χ2n) is 5.93. The van der Waals surface area contributed by atoms with Crippen molar-refractivity contribution in [1.29, 1.82) is 0 Å². The van der Waals surface area contributed by atoms with E-state index in [4.69, 9.17) is 9.47 Å². The Hall–Kier alpha value is -1.31. The molecule has 1 atom stereocenters. The number of rotatable bonds is 7. The Morgan fingerprint density at radius 2 is 2.22 bits per heavy atom. The maximum absolute atomic E-state index is 12.4. The van der Waals surface area contributed by atoms with Crippen LogP contribution in [0.25, 0.3) is 10.2 Å². The lowest BCUT2D eigenvalue weighted by Gasteiger charge is -2.27. The second-order valence-corrected chi connectivity index (χ2v) is 7.72. The molecule has 0 saturated carbocycles. The van der Waals surface area contributed by atoms with Crippen LogP contribution in [0, 0.1) is 6.92 Å². The SMILES string of the molecule is COCC(C)(C)NC(=O)C(Oc1cc(C)c2ncsc2c1)SC. The lowest BCUT2D eigenvalue weighted by Crippen LogP contribution is -2.50. The molecule has 0 spiro atoms. The van der Waals surface area contributed by atoms with E-state index < -0.39 is 11.0 Å². The van der Waals surface area contributed by atoms with E-state index in [0.717, 1.165) is 15.8 Å². The monoisotopic (exact) mass is 354 g/mol. The molecule has 1 amide bonds. The number of amides is 1. The third-order valence-corrected chi connectivity index (χ3v) is 4.75. The lowest BCUT2D eigenvalue weighted by atomic mass is 10.1. The van der Waals surface area contributed by atoms with Crippen LogP contribution in [-0.2, 0) is 9.53 Å². The molecule has 1 aromatic carbocycles. The number of hydrogen-bond donors (Lipinski definition) is 1. The molecule has 0 saturated heterocycles. The molecule has 2 aromatic rings. The molecule has 1 unspecified atom stereocenters. The standard InChI is InChI=1S/C16H22N2O3S2/c1-10-6-11(7-12-13(10)17-9-23-12)21-15(22-5)14(19)18-16(2,3)8-20-4/h6-7,9,15H,8H2,1-5H3,(H,18,19). The quantitative estimate of drug-likeness (QED) is 0.774. The number of fused-ring (bicyclic) bond motifs is 1. The van der Waals surface area contributed by atoms with Gasteiger partial charge in [0.05, 0.1) is 27.9 Å². The molecule has 0 radical (unpaired) electrons. The average Bonchev–Trinajstić information content (AvgIpc) is 2.92. The molecule has 1 aromatic heterocycles. The maximum atomic E-state index is 12.4. The summed E-state index contributed by atoms with van der Waals surface area (Å²) in [5, 5.41) is 2.96. The van der Waals surface area contributed by atoms with Gasteiger partial charge in [0.2, 0.25) is 5.44 Å². The van der Waals surface area contributed by atoms with Gasteiger partial charge in [-0.25, -0.2) is 4.98 Å². The number of benzene rings is 1. The van der Waals surface area contributed by atoms with E-state index >= 15 is 0 Å². The number of aromatic nitrogens is 1. The Morgan fingerprint density at radius 3 is 2.87 bits per heavy atom. The van der Waals surface area contributed by atoms with Crippen molar-refractivity contribution in [2.75, 3.05) is 20.0 Å². The van der Waals surface area contributed by atoms with Crippen molar-refractivity contribution < 1.29 is 14.3 Å². The summed E-state index contributed by atoms with van der Waals surface area (Å²) in [6.07, 6.45) is 1.85. The molecule has 2 rings (SSSR count). The van der Waals surface area contributed by atoms with Gasteiger partial charge in [0.25, 0.3) is 5.91 Å². The van der Waals surface area contributed by atoms with E-state index in [0.29, 0.717) is 12.4 Å². The maximum Gasteiger partial charge on any atom is 0.272 e. The normalized spacial score (nSPS) is 13.1. The highest BCUT2D eigenvalue weighted by Gasteiger charge is 2.27. The predicted octanol–water partition coefficient (Wildman–Crippen LogP) is 3.21.